The molecule has 0 spiro atoms. The molecule has 0 atom stereocenters. The largest absolute Gasteiger partial charge is 0.492 e. The van der Waals surface area contributed by atoms with Crippen LogP contribution in [0.4, 0.5) is 5.69 Å². The highest BCUT2D eigenvalue weighted by Crippen LogP contribution is 2.29. The standard InChI is InChI=1S/C21H27NO5S/c1-6-26-19-14-15(20(23)27-7-2)8-13-18(19)22-28(24,25)17-11-9-16(10-12-17)21(3,4)5/h8-14,22H,6-7H2,1-5H3. The van der Waals surface area contributed by atoms with Crippen LogP contribution >= 0.6 is 0 Å². The Morgan fingerprint density at radius 1 is 1.00 bits per heavy atom. The number of anilines is 1. The summed E-state index contributed by atoms with van der Waals surface area (Å²) in [6.07, 6.45) is 0. The van der Waals surface area contributed by atoms with Crippen molar-refractivity contribution in [2.45, 2.75) is 44.9 Å². The normalized spacial score (nSPS) is 11.8. The smallest absolute Gasteiger partial charge is 0.338 e. The molecule has 0 amide bonds. The Kier molecular flexibility index (Phi) is 6.72. The van der Waals surface area contributed by atoms with Crippen LogP contribution in [0.3, 0.4) is 0 Å². The number of carbonyl (C=O) groups excluding carboxylic acids is 1. The monoisotopic (exact) mass is 405 g/mol. The Labute approximate surface area is 166 Å². The van der Waals surface area contributed by atoms with E-state index in [1.54, 1.807) is 26.0 Å². The Morgan fingerprint density at radius 2 is 1.64 bits per heavy atom. The van der Waals surface area contributed by atoms with Crippen LogP contribution in [0.25, 0.3) is 0 Å². The van der Waals surface area contributed by atoms with E-state index < -0.39 is 16.0 Å². The molecule has 0 aromatic heterocycles. The fourth-order valence-corrected chi connectivity index (χ4v) is 3.63. The number of hydrogen-bond acceptors (Lipinski definition) is 5. The van der Waals surface area contributed by atoms with E-state index in [-0.39, 0.29) is 28.4 Å². The number of hydrogen-bond donors (Lipinski definition) is 1. The molecule has 1 N–H and O–H groups in total. The Morgan fingerprint density at radius 3 is 2.18 bits per heavy atom. The van der Waals surface area contributed by atoms with Crippen LogP contribution in [0.2, 0.25) is 0 Å². The molecule has 0 radical (unpaired) electrons. The third-order valence-electron chi connectivity index (χ3n) is 4.07. The average Bonchev–Trinajstić information content (AvgIpc) is 2.63. The molecule has 0 bridgehead atoms. The Bertz CT molecular complexity index is 928. The fraction of sp³-hybridized carbons (Fsp3) is 0.381. The molecule has 152 valence electrons. The van der Waals surface area contributed by atoms with E-state index >= 15 is 0 Å². The molecular weight excluding hydrogens is 378 g/mol. The van der Waals surface area contributed by atoms with Gasteiger partial charge in [0.25, 0.3) is 10.0 Å². The van der Waals surface area contributed by atoms with Crippen molar-refractivity contribution in [2.24, 2.45) is 0 Å². The summed E-state index contributed by atoms with van der Waals surface area (Å²) >= 11 is 0. The predicted octanol–water partition coefficient (Wildman–Crippen LogP) is 4.36. The summed E-state index contributed by atoms with van der Waals surface area (Å²) in [6, 6.07) is 11.2. The SMILES string of the molecule is CCOC(=O)c1ccc(NS(=O)(=O)c2ccc(C(C)(C)C)cc2)c(OCC)c1. The van der Waals surface area contributed by atoms with Crippen LogP contribution in [0.1, 0.15) is 50.5 Å². The number of benzene rings is 2. The molecule has 0 aliphatic heterocycles. The van der Waals surface area contributed by atoms with Gasteiger partial charge in [0, 0.05) is 0 Å². The van der Waals surface area contributed by atoms with Gasteiger partial charge in [0.1, 0.15) is 5.75 Å². The summed E-state index contributed by atoms with van der Waals surface area (Å²) in [4.78, 5) is 12.1. The Hall–Kier alpha value is -2.54. The van der Waals surface area contributed by atoms with Crippen molar-refractivity contribution in [3.05, 3.63) is 53.6 Å². The first-order valence-corrected chi connectivity index (χ1v) is 10.6. The second-order valence-electron chi connectivity index (χ2n) is 7.24. The summed E-state index contributed by atoms with van der Waals surface area (Å²) in [5, 5.41) is 0. The molecule has 28 heavy (non-hydrogen) atoms. The van der Waals surface area contributed by atoms with E-state index in [1.165, 1.54) is 18.2 Å². The third-order valence-corrected chi connectivity index (χ3v) is 5.45. The van der Waals surface area contributed by atoms with Gasteiger partial charge in [0.2, 0.25) is 0 Å². The molecule has 0 aliphatic rings. The van der Waals surface area contributed by atoms with E-state index in [2.05, 4.69) is 25.5 Å². The van der Waals surface area contributed by atoms with Crippen LogP contribution < -0.4 is 9.46 Å². The lowest BCUT2D eigenvalue weighted by Gasteiger charge is -2.19. The number of nitrogens with one attached hydrogen (secondary N) is 1. The van der Waals surface area contributed by atoms with Gasteiger partial charge in [0.15, 0.2) is 0 Å². The van der Waals surface area contributed by atoms with Gasteiger partial charge in [-0.1, -0.05) is 32.9 Å². The van der Waals surface area contributed by atoms with Crippen LogP contribution in [-0.4, -0.2) is 27.6 Å². The van der Waals surface area contributed by atoms with Crippen molar-refractivity contribution in [1.29, 1.82) is 0 Å². The number of carbonyl (C=O) groups is 1. The summed E-state index contributed by atoms with van der Waals surface area (Å²) in [6.45, 7) is 10.3. The molecular formula is C21H27NO5S. The van der Waals surface area contributed by atoms with Gasteiger partial charge < -0.3 is 9.47 Å². The minimum atomic E-state index is -3.81. The maximum Gasteiger partial charge on any atom is 0.338 e. The van der Waals surface area contributed by atoms with Crippen molar-refractivity contribution >= 4 is 21.7 Å². The molecule has 0 aliphatic carbocycles. The van der Waals surface area contributed by atoms with E-state index in [0.29, 0.717) is 12.2 Å². The third kappa shape index (κ3) is 5.25. The Balaban J connectivity index is 2.33. The second-order valence-corrected chi connectivity index (χ2v) is 8.93. The highest BCUT2D eigenvalue weighted by Gasteiger charge is 2.20. The van der Waals surface area contributed by atoms with Gasteiger partial charge in [-0.3, -0.25) is 4.72 Å². The quantitative estimate of drug-likeness (QED) is 0.692. The van der Waals surface area contributed by atoms with Crippen molar-refractivity contribution < 1.29 is 22.7 Å². The van der Waals surface area contributed by atoms with Crippen LogP contribution in [0.5, 0.6) is 5.75 Å². The lowest BCUT2D eigenvalue weighted by Crippen LogP contribution is -2.16. The number of rotatable bonds is 7. The molecule has 0 unspecified atom stereocenters. The van der Waals surface area contributed by atoms with Crippen LogP contribution in [0.15, 0.2) is 47.4 Å². The summed E-state index contributed by atoms with van der Waals surface area (Å²) in [5.41, 5.74) is 1.53. The summed E-state index contributed by atoms with van der Waals surface area (Å²) in [5.74, 6) is -0.224. The summed E-state index contributed by atoms with van der Waals surface area (Å²) in [7, 11) is -3.81. The van der Waals surface area contributed by atoms with E-state index in [4.69, 9.17) is 9.47 Å². The zero-order valence-electron chi connectivity index (χ0n) is 16.9. The number of ether oxygens (including phenoxy) is 2. The predicted molar refractivity (Wildman–Crippen MR) is 110 cm³/mol. The lowest BCUT2D eigenvalue weighted by molar-refractivity contribution is 0.0526. The van der Waals surface area contributed by atoms with Gasteiger partial charge in [0.05, 0.1) is 29.4 Å². The van der Waals surface area contributed by atoms with E-state index in [9.17, 15) is 13.2 Å². The van der Waals surface area contributed by atoms with Gasteiger partial charge in [-0.05, 0) is 55.2 Å². The number of sulfonamides is 1. The molecule has 0 saturated heterocycles. The first-order valence-electron chi connectivity index (χ1n) is 9.15. The van der Waals surface area contributed by atoms with Crippen molar-refractivity contribution in [2.75, 3.05) is 17.9 Å². The van der Waals surface area contributed by atoms with E-state index in [0.717, 1.165) is 5.56 Å². The maximum atomic E-state index is 12.8. The maximum absolute atomic E-state index is 12.8. The van der Waals surface area contributed by atoms with Gasteiger partial charge >= 0.3 is 5.97 Å². The highest BCUT2D eigenvalue weighted by atomic mass is 32.2. The van der Waals surface area contributed by atoms with Crippen molar-refractivity contribution in [3.8, 4) is 5.75 Å². The molecule has 2 aromatic carbocycles. The zero-order chi connectivity index (χ0) is 20.9. The molecule has 2 aromatic rings. The van der Waals surface area contributed by atoms with Crippen molar-refractivity contribution in [1.82, 2.24) is 0 Å². The zero-order valence-corrected chi connectivity index (χ0v) is 17.7. The molecule has 7 heteroatoms. The minimum absolute atomic E-state index is 0.0687. The lowest BCUT2D eigenvalue weighted by atomic mass is 9.87. The minimum Gasteiger partial charge on any atom is -0.492 e. The molecule has 0 saturated carbocycles. The highest BCUT2D eigenvalue weighted by molar-refractivity contribution is 7.92. The fourth-order valence-electron chi connectivity index (χ4n) is 2.56. The van der Waals surface area contributed by atoms with Gasteiger partial charge in [-0.2, -0.15) is 0 Å². The van der Waals surface area contributed by atoms with Crippen molar-refractivity contribution in [3.63, 3.8) is 0 Å². The van der Waals surface area contributed by atoms with Crippen LogP contribution in [-0.2, 0) is 20.2 Å². The second kappa shape index (κ2) is 8.65. The van der Waals surface area contributed by atoms with E-state index in [1.807, 2.05) is 12.1 Å². The average molecular weight is 406 g/mol. The summed E-state index contributed by atoms with van der Waals surface area (Å²) < 4.78 is 38.6. The number of esters is 1. The molecule has 2 rings (SSSR count). The van der Waals surface area contributed by atoms with Gasteiger partial charge in [-0.25, -0.2) is 13.2 Å². The molecule has 0 heterocycles. The first-order chi connectivity index (χ1) is 13.1. The van der Waals surface area contributed by atoms with Gasteiger partial charge in [-0.15, -0.1) is 0 Å². The molecule has 6 nitrogen and oxygen atoms in total. The van der Waals surface area contributed by atoms with Crippen LogP contribution in [0, 0.1) is 0 Å². The first kappa shape index (κ1) is 21.8. The molecule has 0 fully saturated rings. The topological polar surface area (TPSA) is 81.7 Å².